The van der Waals surface area contributed by atoms with Crippen molar-refractivity contribution in [1.29, 1.82) is 0 Å². The molecule has 0 atom stereocenters. The van der Waals surface area contributed by atoms with Gasteiger partial charge in [-0.25, -0.2) is 0 Å². The van der Waals surface area contributed by atoms with E-state index in [0.29, 0.717) is 24.2 Å². The normalized spacial score (nSPS) is 11.1. The zero-order valence-electron chi connectivity index (χ0n) is 16.5. The summed E-state index contributed by atoms with van der Waals surface area (Å²) in [4.78, 5) is 25.9. The Kier molecular flexibility index (Phi) is 6.75. The van der Waals surface area contributed by atoms with Gasteiger partial charge in [-0.3, -0.25) is 9.59 Å². The van der Waals surface area contributed by atoms with Crippen molar-refractivity contribution in [3.63, 3.8) is 0 Å². The topological polar surface area (TPSA) is 69.6 Å². The Morgan fingerprint density at radius 1 is 0.963 bits per heavy atom. The zero-order valence-corrected chi connectivity index (χ0v) is 16.5. The highest BCUT2D eigenvalue weighted by Gasteiger charge is 2.14. The first-order valence-corrected chi connectivity index (χ1v) is 9.06. The molecule has 2 aromatic rings. The fourth-order valence-corrected chi connectivity index (χ4v) is 2.64. The first-order valence-electron chi connectivity index (χ1n) is 9.06. The molecule has 5 heteroatoms. The number of nitrogens with one attached hydrogen (secondary N) is 1. The van der Waals surface area contributed by atoms with Gasteiger partial charge in [0.25, 0.3) is 11.8 Å². The van der Waals surface area contributed by atoms with Crippen LogP contribution < -0.4 is 5.32 Å². The highest BCUT2D eigenvalue weighted by molar-refractivity contribution is 5.95. The Hall–Kier alpha value is -2.66. The molecular formula is C22H28N2O3. The minimum atomic E-state index is -0.140. The smallest absolute Gasteiger partial charge is 0.253 e. The van der Waals surface area contributed by atoms with Crippen LogP contribution in [-0.2, 0) is 12.0 Å². The number of nitrogens with zero attached hydrogens (tertiary/aromatic N) is 1. The lowest BCUT2D eigenvalue weighted by Gasteiger charge is -2.19. The van der Waals surface area contributed by atoms with Crippen molar-refractivity contribution in [3.05, 3.63) is 70.8 Å². The lowest BCUT2D eigenvalue weighted by atomic mass is 9.87. The second kappa shape index (κ2) is 8.82. The molecule has 0 aliphatic rings. The Bertz CT molecular complexity index is 775. The van der Waals surface area contributed by atoms with E-state index in [9.17, 15) is 9.59 Å². The molecule has 0 saturated heterocycles. The number of benzene rings is 2. The van der Waals surface area contributed by atoms with Crippen molar-refractivity contribution in [2.24, 2.45) is 0 Å². The fraction of sp³-hybridized carbons (Fsp3) is 0.364. The van der Waals surface area contributed by atoms with Gasteiger partial charge < -0.3 is 15.3 Å². The van der Waals surface area contributed by atoms with E-state index >= 15 is 0 Å². The second-order valence-corrected chi connectivity index (χ2v) is 7.66. The fourth-order valence-electron chi connectivity index (χ4n) is 2.64. The van der Waals surface area contributed by atoms with Gasteiger partial charge in [-0.15, -0.1) is 0 Å². The number of carbonyl (C=O) groups is 2. The number of carbonyl (C=O) groups excluding carboxylic acids is 2. The monoisotopic (exact) mass is 368 g/mol. The van der Waals surface area contributed by atoms with E-state index in [0.717, 1.165) is 5.56 Å². The SMILES string of the molecule is CN(CCO)C(=O)c1ccc(CNC(=O)c2ccc(C(C)(C)C)cc2)cc1. The van der Waals surface area contributed by atoms with Crippen LogP contribution in [0.2, 0.25) is 0 Å². The Balaban J connectivity index is 1.94. The number of hydrogen-bond acceptors (Lipinski definition) is 3. The largest absolute Gasteiger partial charge is 0.395 e. The average Bonchev–Trinajstić information content (AvgIpc) is 2.65. The molecule has 0 aliphatic heterocycles. The number of aliphatic hydroxyl groups excluding tert-OH is 1. The standard InChI is InChI=1S/C22H28N2O3/c1-22(2,3)19-11-9-17(10-12-19)20(26)23-15-16-5-7-18(8-6-16)21(27)24(4)13-14-25/h5-12,25H,13-15H2,1-4H3,(H,23,26). The van der Waals surface area contributed by atoms with Gasteiger partial charge in [-0.05, 0) is 40.8 Å². The molecule has 0 heterocycles. The number of aliphatic hydroxyl groups is 1. The zero-order chi connectivity index (χ0) is 20.0. The summed E-state index contributed by atoms with van der Waals surface area (Å²) >= 11 is 0. The molecule has 0 fully saturated rings. The van der Waals surface area contributed by atoms with E-state index in [2.05, 4.69) is 26.1 Å². The summed E-state index contributed by atoms with van der Waals surface area (Å²) in [6, 6.07) is 14.8. The lowest BCUT2D eigenvalue weighted by molar-refractivity contribution is 0.0766. The maximum Gasteiger partial charge on any atom is 0.253 e. The molecule has 2 aromatic carbocycles. The lowest BCUT2D eigenvalue weighted by Crippen LogP contribution is -2.29. The predicted octanol–water partition coefficient (Wildman–Crippen LogP) is 2.98. The summed E-state index contributed by atoms with van der Waals surface area (Å²) in [5.74, 6) is -0.267. The van der Waals surface area contributed by atoms with E-state index in [1.165, 1.54) is 10.5 Å². The number of likely N-dealkylation sites (N-methyl/N-ethyl adjacent to an activating group) is 1. The van der Waals surface area contributed by atoms with E-state index in [4.69, 9.17) is 5.11 Å². The van der Waals surface area contributed by atoms with Crippen LogP contribution in [0.5, 0.6) is 0 Å². The van der Waals surface area contributed by atoms with Crippen molar-refractivity contribution < 1.29 is 14.7 Å². The maximum absolute atomic E-state index is 12.3. The number of amides is 2. The summed E-state index contributed by atoms with van der Waals surface area (Å²) in [5.41, 5.74) is 3.33. The molecule has 0 aliphatic carbocycles. The van der Waals surface area contributed by atoms with Gasteiger partial charge in [-0.1, -0.05) is 45.0 Å². The van der Waals surface area contributed by atoms with Crippen molar-refractivity contribution in [2.45, 2.75) is 32.7 Å². The molecule has 2 rings (SSSR count). The van der Waals surface area contributed by atoms with Crippen molar-refractivity contribution in [2.75, 3.05) is 20.2 Å². The summed E-state index contributed by atoms with van der Waals surface area (Å²) in [6.45, 7) is 7.03. The van der Waals surface area contributed by atoms with Gasteiger partial charge in [0.15, 0.2) is 0 Å². The van der Waals surface area contributed by atoms with Gasteiger partial charge in [0, 0.05) is 31.3 Å². The van der Waals surface area contributed by atoms with Crippen molar-refractivity contribution in [1.82, 2.24) is 10.2 Å². The third-order valence-electron chi connectivity index (χ3n) is 4.45. The minimum Gasteiger partial charge on any atom is -0.395 e. The number of rotatable bonds is 6. The first kappa shape index (κ1) is 20.6. The van der Waals surface area contributed by atoms with E-state index < -0.39 is 0 Å². The predicted molar refractivity (Wildman–Crippen MR) is 107 cm³/mol. The van der Waals surface area contributed by atoms with Crippen molar-refractivity contribution >= 4 is 11.8 Å². The first-order chi connectivity index (χ1) is 12.7. The van der Waals surface area contributed by atoms with Crippen LogP contribution in [0.1, 0.15) is 52.6 Å². The molecule has 0 radical (unpaired) electrons. The molecule has 0 spiro atoms. The second-order valence-electron chi connectivity index (χ2n) is 7.66. The van der Waals surface area contributed by atoms with Gasteiger partial charge in [-0.2, -0.15) is 0 Å². The molecule has 27 heavy (non-hydrogen) atoms. The quantitative estimate of drug-likeness (QED) is 0.824. The molecule has 2 amide bonds. The van der Waals surface area contributed by atoms with Gasteiger partial charge in [0.1, 0.15) is 0 Å². The molecule has 5 nitrogen and oxygen atoms in total. The van der Waals surface area contributed by atoms with Crippen LogP contribution in [0.3, 0.4) is 0 Å². The van der Waals surface area contributed by atoms with Crippen LogP contribution in [0, 0.1) is 0 Å². The Morgan fingerprint density at radius 2 is 1.52 bits per heavy atom. The van der Waals surface area contributed by atoms with Crippen LogP contribution in [0.25, 0.3) is 0 Å². The Labute approximate surface area is 161 Å². The molecule has 0 unspecified atom stereocenters. The molecule has 144 valence electrons. The van der Waals surface area contributed by atoms with Crippen LogP contribution in [0.15, 0.2) is 48.5 Å². The molecule has 0 aromatic heterocycles. The summed E-state index contributed by atoms with van der Waals surface area (Å²) < 4.78 is 0. The molecular weight excluding hydrogens is 340 g/mol. The van der Waals surface area contributed by atoms with Crippen molar-refractivity contribution in [3.8, 4) is 0 Å². The van der Waals surface area contributed by atoms with E-state index in [-0.39, 0.29) is 23.8 Å². The van der Waals surface area contributed by atoms with Gasteiger partial charge >= 0.3 is 0 Å². The average molecular weight is 368 g/mol. The van der Waals surface area contributed by atoms with Crippen LogP contribution in [0.4, 0.5) is 0 Å². The van der Waals surface area contributed by atoms with Crippen LogP contribution >= 0.6 is 0 Å². The highest BCUT2D eigenvalue weighted by Crippen LogP contribution is 2.22. The van der Waals surface area contributed by atoms with E-state index in [1.807, 2.05) is 36.4 Å². The molecule has 0 saturated carbocycles. The third-order valence-corrected chi connectivity index (χ3v) is 4.45. The molecule has 2 N–H and O–H groups in total. The maximum atomic E-state index is 12.3. The highest BCUT2D eigenvalue weighted by atomic mass is 16.3. The number of hydrogen-bond donors (Lipinski definition) is 2. The summed E-state index contributed by atoms with van der Waals surface area (Å²) in [5, 5.41) is 11.8. The van der Waals surface area contributed by atoms with Gasteiger partial charge in [0.2, 0.25) is 0 Å². The van der Waals surface area contributed by atoms with Crippen LogP contribution in [-0.4, -0.2) is 42.0 Å². The minimum absolute atomic E-state index is 0.0550. The third kappa shape index (κ3) is 5.66. The van der Waals surface area contributed by atoms with Gasteiger partial charge in [0.05, 0.1) is 6.61 Å². The van der Waals surface area contributed by atoms with E-state index in [1.54, 1.807) is 19.2 Å². The molecule has 0 bridgehead atoms. The Morgan fingerprint density at radius 3 is 2.04 bits per heavy atom. The summed E-state index contributed by atoms with van der Waals surface area (Å²) in [7, 11) is 1.65. The summed E-state index contributed by atoms with van der Waals surface area (Å²) in [6.07, 6.45) is 0.